The lowest BCUT2D eigenvalue weighted by Gasteiger charge is -2.36. The van der Waals surface area contributed by atoms with Crippen molar-refractivity contribution in [3.05, 3.63) is 0 Å². The Hall–Kier alpha value is -0.0900. The van der Waals surface area contributed by atoms with Crippen molar-refractivity contribution in [2.45, 2.75) is 52.5 Å². The molecule has 1 rings (SSSR count). The van der Waals surface area contributed by atoms with Crippen molar-refractivity contribution >= 4 is 9.84 Å². The third-order valence-corrected chi connectivity index (χ3v) is 4.89. The van der Waals surface area contributed by atoms with Crippen LogP contribution in [0.25, 0.3) is 0 Å². The Morgan fingerprint density at radius 3 is 2.17 bits per heavy atom. The van der Waals surface area contributed by atoms with Gasteiger partial charge in [0.15, 0.2) is 0 Å². The van der Waals surface area contributed by atoms with Gasteiger partial charge in [0.1, 0.15) is 9.84 Å². The topological polar surface area (TPSA) is 46.2 Å². The average molecular weight is 275 g/mol. The smallest absolute Gasteiger partial charge is 0.148 e. The molecule has 1 saturated carbocycles. The minimum absolute atomic E-state index is 0.144. The molecule has 4 heteroatoms. The summed E-state index contributed by atoms with van der Waals surface area (Å²) in [7, 11) is -2.90. The van der Waals surface area contributed by atoms with E-state index in [1.165, 1.54) is 25.5 Å². The van der Waals surface area contributed by atoms with Crippen molar-refractivity contribution in [2.24, 2.45) is 17.8 Å². The molecule has 0 aliphatic heterocycles. The van der Waals surface area contributed by atoms with Crippen LogP contribution in [0.15, 0.2) is 0 Å². The van der Waals surface area contributed by atoms with Gasteiger partial charge < -0.3 is 5.32 Å². The fraction of sp³-hybridized carbons (Fsp3) is 1.00. The van der Waals surface area contributed by atoms with E-state index in [0.717, 1.165) is 24.8 Å². The Morgan fingerprint density at radius 2 is 1.72 bits per heavy atom. The van der Waals surface area contributed by atoms with Crippen molar-refractivity contribution in [1.29, 1.82) is 0 Å². The van der Waals surface area contributed by atoms with Crippen LogP contribution in [-0.2, 0) is 9.84 Å². The molecule has 0 saturated heterocycles. The van der Waals surface area contributed by atoms with E-state index in [0.29, 0.717) is 5.92 Å². The highest BCUT2D eigenvalue weighted by molar-refractivity contribution is 7.90. The van der Waals surface area contributed by atoms with Crippen LogP contribution in [0.1, 0.15) is 46.5 Å². The van der Waals surface area contributed by atoms with Crippen LogP contribution in [0.5, 0.6) is 0 Å². The van der Waals surface area contributed by atoms with Crippen molar-refractivity contribution < 1.29 is 8.42 Å². The van der Waals surface area contributed by atoms with Gasteiger partial charge in [-0.3, -0.25) is 0 Å². The largest absolute Gasteiger partial charge is 0.313 e. The van der Waals surface area contributed by atoms with Gasteiger partial charge >= 0.3 is 0 Å². The normalized spacial score (nSPS) is 31.2. The molecule has 18 heavy (non-hydrogen) atoms. The molecule has 3 nitrogen and oxygen atoms in total. The van der Waals surface area contributed by atoms with E-state index in [-0.39, 0.29) is 11.8 Å². The Balaban J connectivity index is 2.68. The molecule has 3 unspecified atom stereocenters. The molecule has 1 aliphatic carbocycles. The summed E-state index contributed by atoms with van der Waals surface area (Å²) < 4.78 is 23.1. The van der Waals surface area contributed by atoms with Gasteiger partial charge in [-0.2, -0.15) is 0 Å². The highest BCUT2D eigenvalue weighted by Gasteiger charge is 2.31. The van der Waals surface area contributed by atoms with Crippen molar-refractivity contribution in [3.8, 4) is 0 Å². The summed E-state index contributed by atoms with van der Waals surface area (Å²) in [5, 5.41) is 3.46. The number of rotatable bonds is 6. The Kier molecular flexibility index (Phi) is 6.12. The lowest BCUT2D eigenvalue weighted by molar-refractivity contribution is 0.184. The van der Waals surface area contributed by atoms with E-state index >= 15 is 0 Å². The fourth-order valence-corrected chi connectivity index (χ4v) is 4.40. The van der Waals surface area contributed by atoms with Gasteiger partial charge in [-0.05, 0) is 50.0 Å². The molecular weight excluding hydrogens is 246 g/mol. The van der Waals surface area contributed by atoms with Gasteiger partial charge in [-0.25, -0.2) is 8.42 Å². The number of hydrogen-bond donors (Lipinski definition) is 1. The van der Waals surface area contributed by atoms with Gasteiger partial charge in [0.05, 0.1) is 5.75 Å². The lowest BCUT2D eigenvalue weighted by Crippen LogP contribution is -2.44. The summed E-state index contributed by atoms with van der Waals surface area (Å²) in [6.07, 6.45) is 6.03. The zero-order chi connectivity index (χ0) is 13.8. The number of sulfone groups is 1. The van der Waals surface area contributed by atoms with E-state index in [4.69, 9.17) is 0 Å². The Bertz CT molecular complexity index is 330. The highest BCUT2D eigenvalue weighted by atomic mass is 32.2. The molecule has 0 aromatic rings. The second-order valence-corrected chi connectivity index (χ2v) is 8.52. The van der Waals surface area contributed by atoms with Crippen LogP contribution in [-0.4, -0.2) is 33.0 Å². The summed E-state index contributed by atoms with van der Waals surface area (Å²) in [5.41, 5.74) is 0. The van der Waals surface area contributed by atoms with Gasteiger partial charge in [-0.1, -0.05) is 20.8 Å². The summed E-state index contributed by atoms with van der Waals surface area (Å²) >= 11 is 0. The quantitative estimate of drug-likeness (QED) is 0.810. The molecule has 0 heterocycles. The molecule has 1 fully saturated rings. The van der Waals surface area contributed by atoms with Gasteiger partial charge in [0.2, 0.25) is 0 Å². The van der Waals surface area contributed by atoms with Crippen LogP contribution < -0.4 is 5.32 Å². The molecule has 0 amide bonds. The summed E-state index contributed by atoms with van der Waals surface area (Å²) in [5.74, 6) is 2.26. The van der Waals surface area contributed by atoms with Crippen LogP contribution >= 0.6 is 0 Å². The SMILES string of the molecule is CCCNC(CS(C)(=O)=O)C1CC(C)CC(C)C1. The molecule has 1 aliphatic rings. The van der Waals surface area contributed by atoms with E-state index in [9.17, 15) is 8.42 Å². The molecule has 0 aromatic carbocycles. The Morgan fingerprint density at radius 1 is 1.17 bits per heavy atom. The number of nitrogens with one attached hydrogen (secondary N) is 1. The van der Waals surface area contributed by atoms with Gasteiger partial charge in [0.25, 0.3) is 0 Å². The molecule has 0 aromatic heterocycles. The third-order valence-electron chi connectivity index (χ3n) is 3.92. The minimum atomic E-state index is -2.90. The number of hydrogen-bond acceptors (Lipinski definition) is 3. The molecule has 3 atom stereocenters. The van der Waals surface area contributed by atoms with Crippen LogP contribution in [0, 0.1) is 17.8 Å². The van der Waals surface area contributed by atoms with E-state index in [1.54, 1.807) is 0 Å². The van der Waals surface area contributed by atoms with E-state index in [2.05, 4.69) is 26.1 Å². The zero-order valence-electron chi connectivity index (χ0n) is 12.3. The maximum Gasteiger partial charge on any atom is 0.148 e. The average Bonchev–Trinajstić information content (AvgIpc) is 2.21. The van der Waals surface area contributed by atoms with Crippen LogP contribution in [0.3, 0.4) is 0 Å². The maximum absolute atomic E-state index is 11.6. The molecule has 108 valence electrons. The summed E-state index contributed by atoms with van der Waals surface area (Å²) in [6, 6.07) is 0.144. The first-order valence-corrected chi connectivity index (χ1v) is 9.29. The zero-order valence-corrected chi connectivity index (χ0v) is 13.1. The Labute approximate surface area is 113 Å². The van der Waals surface area contributed by atoms with Crippen LogP contribution in [0.2, 0.25) is 0 Å². The summed E-state index contributed by atoms with van der Waals surface area (Å²) in [4.78, 5) is 0. The first kappa shape index (κ1) is 16.0. The second-order valence-electron chi connectivity index (χ2n) is 6.33. The molecule has 0 bridgehead atoms. The van der Waals surface area contributed by atoms with Crippen molar-refractivity contribution in [2.75, 3.05) is 18.6 Å². The highest BCUT2D eigenvalue weighted by Crippen LogP contribution is 2.35. The van der Waals surface area contributed by atoms with E-state index < -0.39 is 9.84 Å². The van der Waals surface area contributed by atoms with Gasteiger partial charge in [0, 0.05) is 12.3 Å². The molecule has 0 radical (unpaired) electrons. The van der Waals surface area contributed by atoms with Crippen molar-refractivity contribution in [3.63, 3.8) is 0 Å². The fourth-order valence-electron chi connectivity index (χ4n) is 3.36. The lowest BCUT2D eigenvalue weighted by atomic mass is 9.74. The standard InChI is InChI=1S/C14H29NO2S/c1-5-6-15-14(10-18(4,16)17)13-8-11(2)7-12(3)9-13/h11-15H,5-10H2,1-4H3. The molecule has 0 spiro atoms. The van der Waals surface area contributed by atoms with Crippen molar-refractivity contribution in [1.82, 2.24) is 5.32 Å². The minimum Gasteiger partial charge on any atom is -0.313 e. The van der Waals surface area contributed by atoms with Gasteiger partial charge in [-0.15, -0.1) is 0 Å². The first-order chi connectivity index (χ1) is 8.31. The van der Waals surface area contributed by atoms with Crippen LogP contribution in [0.4, 0.5) is 0 Å². The first-order valence-electron chi connectivity index (χ1n) is 7.23. The molecular formula is C14H29NO2S. The monoisotopic (exact) mass is 275 g/mol. The van der Waals surface area contributed by atoms with E-state index in [1.807, 2.05) is 0 Å². The predicted molar refractivity (Wildman–Crippen MR) is 77.5 cm³/mol. The second kappa shape index (κ2) is 6.90. The predicted octanol–water partition coefficient (Wildman–Crippen LogP) is 2.47. The third kappa shape index (κ3) is 5.70. The maximum atomic E-state index is 11.6. The molecule has 1 N–H and O–H groups in total. The summed E-state index contributed by atoms with van der Waals surface area (Å²) in [6.45, 7) is 7.62.